The zero-order valence-corrected chi connectivity index (χ0v) is 11.7. The Morgan fingerprint density at radius 2 is 1.89 bits per heavy atom. The zero-order chi connectivity index (χ0) is 13.6. The molecule has 1 atom stereocenters. The van der Waals surface area contributed by atoms with Crippen molar-refractivity contribution in [3.8, 4) is 0 Å². The van der Waals surface area contributed by atoms with Gasteiger partial charge in [0.2, 0.25) is 10.0 Å². The molecule has 0 bridgehead atoms. The van der Waals surface area contributed by atoms with Crippen LogP contribution in [0.5, 0.6) is 0 Å². The molecule has 0 saturated carbocycles. The third-order valence-corrected chi connectivity index (χ3v) is 4.43. The van der Waals surface area contributed by atoms with Crippen molar-refractivity contribution in [2.75, 3.05) is 6.61 Å². The Labute approximate surface area is 109 Å². The number of nitrogens with one attached hydrogen (secondary N) is 1. The summed E-state index contributed by atoms with van der Waals surface area (Å²) in [6.45, 7) is 3.92. The van der Waals surface area contributed by atoms with E-state index in [0.29, 0.717) is 6.42 Å². The third-order valence-electron chi connectivity index (χ3n) is 2.83. The maximum Gasteiger partial charge on any atom is 0.240 e. The Bertz CT molecular complexity index is 454. The van der Waals surface area contributed by atoms with Crippen molar-refractivity contribution < 1.29 is 13.5 Å². The van der Waals surface area contributed by atoms with Gasteiger partial charge in [0, 0.05) is 12.6 Å². The van der Waals surface area contributed by atoms with Crippen molar-refractivity contribution >= 4 is 10.0 Å². The lowest BCUT2D eigenvalue weighted by Gasteiger charge is -2.12. The molecule has 0 aliphatic heterocycles. The van der Waals surface area contributed by atoms with Gasteiger partial charge >= 0.3 is 0 Å². The summed E-state index contributed by atoms with van der Waals surface area (Å²) in [4.78, 5) is 0.288. The molecule has 1 aromatic rings. The predicted octanol–water partition coefficient (Wildman–Crippen LogP) is 1.69. The summed E-state index contributed by atoms with van der Waals surface area (Å²) < 4.78 is 26.6. The molecule has 0 heterocycles. The van der Waals surface area contributed by atoms with E-state index in [0.717, 1.165) is 18.4 Å². The minimum Gasteiger partial charge on any atom is -0.396 e. The Morgan fingerprint density at radius 3 is 2.39 bits per heavy atom. The van der Waals surface area contributed by atoms with E-state index in [1.165, 1.54) is 0 Å². The van der Waals surface area contributed by atoms with Crippen molar-refractivity contribution in [2.45, 2.75) is 44.0 Å². The highest BCUT2D eigenvalue weighted by Gasteiger charge is 2.15. The van der Waals surface area contributed by atoms with Gasteiger partial charge in [-0.2, -0.15) is 0 Å². The first-order chi connectivity index (χ1) is 8.49. The molecule has 0 amide bonds. The van der Waals surface area contributed by atoms with Crippen molar-refractivity contribution in [1.29, 1.82) is 0 Å². The molecule has 0 aliphatic carbocycles. The second-order valence-electron chi connectivity index (χ2n) is 4.40. The first kappa shape index (κ1) is 15.1. The summed E-state index contributed by atoms with van der Waals surface area (Å²) in [6.07, 6.45) is 2.21. The van der Waals surface area contributed by atoms with E-state index in [2.05, 4.69) is 4.72 Å². The standard InChI is InChI=1S/C13H21NO3S/c1-3-11(2)14-18(16,17)13-8-6-12(7-9-13)5-4-10-15/h6-9,11,14-15H,3-5,10H2,1-2H3. The van der Waals surface area contributed by atoms with Crippen LogP contribution >= 0.6 is 0 Å². The van der Waals surface area contributed by atoms with E-state index in [1.807, 2.05) is 13.8 Å². The number of hydrogen-bond donors (Lipinski definition) is 2. The SMILES string of the molecule is CCC(C)NS(=O)(=O)c1ccc(CCCO)cc1. The summed E-state index contributed by atoms with van der Waals surface area (Å²) >= 11 is 0. The fraction of sp³-hybridized carbons (Fsp3) is 0.538. The molecule has 1 rings (SSSR count). The van der Waals surface area contributed by atoms with Gasteiger partial charge in [0.25, 0.3) is 0 Å². The van der Waals surface area contributed by atoms with Crippen molar-refractivity contribution in [2.24, 2.45) is 0 Å². The fourth-order valence-corrected chi connectivity index (χ4v) is 2.86. The summed E-state index contributed by atoms with van der Waals surface area (Å²) in [5.41, 5.74) is 1.03. The number of aliphatic hydroxyl groups excluding tert-OH is 1. The van der Waals surface area contributed by atoms with E-state index >= 15 is 0 Å². The molecule has 1 aromatic carbocycles. The monoisotopic (exact) mass is 271 g/mol. The van der Waals surface area contributed by atoms with Gasteiger partial charge in [-0.3, -0.25) is 0 Å². The van der Waals surface area contributed by atoms with Crippen LogP contribution in [0, 0.1) is 0 Å². The Morgan fingerprint density at radius 1 is 1.28 bits per heavy atom. The molecule has 0 aliphatic rings. The molecule has 0 fully saturated rings. The first-order valence-corrected chi connectivity index (χ1v) is 7.70. The summed E-state index contributed by atoms with van der Waals surface area (Å²) in [5, 5.41) is 8.73. The van der Waals surface area contributed by atoms with Crippen LogP contribution in [0.1, 0.15) is 32.3 Å². The van der Waals surface area contributed by atoms with Crippen LogP contribution in [0.15, 0.2) is 29.2 Å². The number of rotatable bonds is 7. The van der Waals surface area contributed by atoms with Gasteiger partial charge < -0.3 is 5.11 Å². The molecule has 0 aromatic heterocycles. The minimum absolute atomic E-state index is 0.0657. The molecular weight excluding hydrogens is 250 g/mol. The Balaban J connectivity index is 2.77. The summed E-state index contributed by atoms with van der Waals surface area (Å²) in [5.74, 6) is 0. The van der Waals surface area contributed by atoms with Gasteiger partial charge in [0.1, 0.15) is 0 Å². The number of benzene rings is 1. The van der Waals surface area contributed by atoms with Gasteiger partial charge in [0.05, 0.1) is 4.90 Å². The molecule has 1 unspecified atom stereocenters. The zero-order valence-electron chi connectivity index (χ0n) is 10.9. The van der Waals surface area contributed by atoms with E-state index in [4.69, 9.17) is 5.11 Å². The van der Waals surface area contributed by atoms with E-state index in [1.54, 1.807) is 24.3 Å². The maximum absolute atomic E-state index is 12.0. The molecule has 102 valence electrons. The highest BCUT2D eigenvalue weighted by Crippen LogP contribution is 2.12. The molecule has 2 N–H and O–H groups in total. The second kappa shape index (κ2) is 6.87. The average molecular weight is 271 g/mol. The highest BCUT2D eigenvalue weighted by atomic mass is 32.2. The normalized spacial score (nSPS) is 13.5. The van der Waals surface area contributed by atoms with E-state index in [9.17, 15) is 8.42 Å². The van der Waals surface area contributed by atoms with Crippen molar-refractivity contribution in [3.63, 3.8) is 0 Å². The van der Waals surface area contributed by atoms with Crippen LogP contribution in [-0.2, 0) is 16.4 Å². The Hall–Kier alpha value is -0.910. The highest BCUT2D eigenvalue weighted by molar-refractivity contribution is 7.89. The van der Waals surface area contributed by atoms with Crippen LogP contribution in [0.4, 0.5) is 0 Å². The van der Waals surface area contributed by atoms with E-state index < -0.39 is 10.0 Å². The minimum atomic E-state index is -3.41. The van der Waals surface area contributed by atoms with Gasteiger partial charge in [0.15, 0.2) is 0 Å². The smallest absolute Gasteiger partial charge is 0.240 e. The molecule has 0 saturated heterocycles. The van der Waals surface area contributed by atoms with E-state index in [-0.39, 0.29) is 17.5 Å². The van der Waals surface area contributed by atoms with Gasteiger partial charge in [-0.25, -0.2) is 13.1 Å². The molecule has 0 radical (unpaired) electrons. The molecule has 18 heavy (non-hydrogen) atoms. The van der Waals surface area contributed by atoms with Crippen LogP contribution in [-0.4, -0.2) is 26.2 Å². The number of hydrogen-bond acceptors (Lipinski definition) is 3. The van der Waals surface area contributed by atoms with Crippen molar-refractivity contribution in [1.82, 2.24) is 4.72 Å². The van der Waals surface area contributed by atoms with Crippen molar-refractivity contribution in [3.05, 3.63) is 29.8 Å². The lowest BCUT2D eigenvalue weighted by atomic mass is 10.1. The lowest BCUT2D eigenvalue weighted by Crippen LogP contribution is -2.31. The van der Waals surface area contributed by atoms with Crippen LogP contribution in [0.3, 0.4) is 0 Å². The van der Waals surface area contributed by atoms with Gasteiger partial charge in [-0.05, 0) is 43.9 Å². The average Bonchev–Trinajstić information content (AvgIpc) is 2.36. The summed E-state index contributed by atoms with van der Waals surface area (Å²) in [6, 6.07) is 6.74. The van der Waals surface area contributed by atoms with Crippen LogP contribution in [0.25, 0.3) is 0 Å². The summed E-state index contributed by atoms with van der Waals surface area (Å²) in [7, 11) is -3.41. The molecule has 4 nitrogen and oxygen atoms in total. The maximum atomic E-state index is 12.0. The lowest BCUT2D eigenvalue weighted by molar-refractivity contribution is 0.288. The predicted molar refractivity (Wildman–Crippen MR) is 71.9 cm³/mol. The topological polar surface area (TPSA) is 66.4 Å². The quantitative estimate of drug-likeness (QED) is 0.793. The largest absolute Gasteiger partial charge is 0.396 e. The molecule has 5 heteroatoms. The number of sulfonamides is 1. The molecular formula is C13H21NO3S. The van der Waals surface area contributed by atoms with Gasteiger partial charge in [-0.1, -0.05) is 19.1 Å². The fourth-order valence-electron chi connectivity index (χ4n) is 1.53. The third kappa shape index (κ3) is 4.40. The Kier molecular flexibility index (Phi) is 5.78. The number of aryl methyl sites for hydroxylation is 1. The van der Waals surface area contributed by atoms with Crippen LogP contribution in [0.2, 0.25) is 0 Å². The number of aliphatic hydroxyl groups is 1. The second-order valence-corrected chi connectivity index (χ2v) is 6.12. The van der Waals surface area contributed by atoms with Gasteiger partial charge in [-0.15, -0.1) is 0 Å². The molecule has 0 spiro atoms. The first-order valence-electron chi connectivity index (χ1n) is 6.21. The van der Waals surface area contributed by atoms with Crippen LogP contribution < -0.4 is 4.72 Å².